The Kier molecular flexibility index (Phi) is 2.94. The molecule has 0 saturated carbocycles. The summed E-state index contributed by atoms with van der Waals surface area (Å²) >= 11 is 1.53. The van der Waals surface area contributed by atoms with E-state index in [2.05, 4.69) is 15.2 Å². The van der Waals surface area contributed by atoms with E-state index in [1.165, 1.54) is 17.4 Å². The van der Waals surface area contributed by atoms with Crippen LogP contribution in [0.2, 0.25) is 0 Å². The molecule has 0 unspecified atom stereocenters. The van der Waals surface area contributed by atoms with Crippen molar-refractivity contribution in [3.63, 3.8) is 0 Å². The van der Waals surface area contributed by atoms with Crippen LogP contribution in [0.4, 0.5) is 0 Å². The van der Waals surface area contributed by atoms with E-state index >= 15 is 0 Å². The minimum absolute atomic E-state index is 0.0151. The maximum atomic E-state index is 10.1. The Labute approximate surface area is 119 Å². The smallest absolute Gasteiger partial charge is 0.128 e. The van der Waals surface area contributed by atoms with Gasteiger partial charge in [0.15, 0.2) is 0 Å². The molecule has 5 nitrogen and oxygen atoms in total. The van der Waals surface area contributed by atoms with Crippen LogP contribution in [0.25, 0.3) is 21.8 Å². The minimum atomic E-state index is 0.0151. The van der Waals surface area contributed by atoms with Crippen LogP contribution in [0.15, 0.2) is 23.7 Å². The van der Waals surface area contributed by atoms with Gasteiger partial charge < -0.3 is 10.2 Å². The van der Waals surface area contributed by atoms with Crippen molar-refractivity contribution in [1.82, 2.24) is 15.2 Å². The number of benzene rings is 1. The van der Waals surface area contributed by atoms with Crippen LogP contribution in [0.5, 0.6) is 11.5 Å². The largest absolute Gasteiger partial charge is 0.508 e. The molecular weight excluding hydrogens is 274 g/mol. The van der Waals surface area contributed by atoms with Crippen molar-refractivity contribution in [3.8, 4) is 33.3 Å². The first-order valence-corrected chi connectivity index (χ1v) is 6.93. The molecule has 0 aliphatic rings. The first-order valence-electron chi connectivity index (χ1n) is 6.05. The lowest BCUT2D eigenvalue weighted by molar-refractivity contribution is 0.451. The van der Waals surface area contributed by atoms with Gasteiger partial charge in [0.1, 0.15) is 16.5 Å². The summed E-state index contributed by atoms with van der Waals surface area (Å²) in [5, 5.41) is 29.4. The second kappa shape index (κ2) is 4.64. The summed E-state index contributed by atoms with van der Waals surface area (Å²) in [5.74, 6) is 0.0520. The Morgan fingerprint density at radius 3 is 2.65 bits per heavy atom. The summed E-state index contributed by atoms with van der Waals surface area (Å²) in [6.45, 7) is 3.76. The van der Waals surface area contributed by atoms with Crippen molar-refractivity contribution >= 4 is 11.3 Å². The normalized spacial score (nSPS) is 10.9. The average molecular weight is 287 g/mol. The molecule has 0 atom stereocenters. The van der Waals surface area contributed by atoms with Crippen molar-refractivity contribution in [2.45, 2.75) is 13.8 Å². The summed E-state index contributed by atoms with van der Waals surface area (Å²) in [4.78, 5) is 4.44. The van der Waals surface area contributed by atoms with Crippen molar-refractivity contribution in [3.05, 3.63) is 35.0 Å². The van der Waals surface area contributed by atoms with E-state index in [9.17, 15) is 10.2 Å². The van der Waals surface area contributed by atoms with E-state index in [4.69, 9.17) is 0 Å². The molecule has 102 valence electrons. The predicted octanol–water partition coefficient (Wildman–Crippen LogP) is 3.23. The Morgan fingerprint density at radius 1 is 1.20 bits per heavy atom. The number of hydrogen-bond donors (Lipinski definition) is 3. The molecule has 0 aliphatic heterocycles. The molecule has 20 heavy (non-hydrogen) atoms. The maximum Gasteiger partial charge on any atom is 0.128 e. The highest BCUT2D eigenvalue weighted by Gasteiger charge is 2.18. The lowest BCUT2D eigenvalue weighted by Crippen LogP contribution is -1.88. The van der Waals surface area contributed by atoms with Crippen molar-refractivity contribution in [1.29, 1.82) is 0 Å². The van der Waals surface area contributed by atoms with E-state index in [0.717, 1.165) is 21.8 Å². The fraction of sp³-hybridized carbons (Fsp3) is 0.143. The van der Waals surface area contributed by atoms with E-state index in [0.29, 0.717) is 11.3 Å². The Balaban J connectivity index is 2.20. The van der Waals surface area contributed by atoms with Gasteiger partial charge in [-0.25, -0.2) is 4.98 Å². The van der Waals surface area contributed by atoms with E-state index < -0.39 is 0 Å². The van der Waals surface area contributed by atoms with E-state index in [-0.39, 0.29) is 11.5 Å². The molecule has 0 radical (unpaired) electrons. The van der Waals surface area contributed by atoms with Gasteiger partial charge in [-0.05, 0) is 25.5 Å². The highest BCUT2D eigenvalue weighted by Crippen LogP contribution is 2.39. The molecule has 0 spiro atoms. The van der Waals surface area contributed by atoms with Gasteiger partial charge in [0.05, 0.1) is 17.5 Å². The third kappa shape index (κ3) is 2.04. The van der Waals surface area contributed by atoms with Gasteiger partial charge >= 0.3 is 0 Å². The molecule has 3 N–H and O–H groups in total. The van der Waals surface area contributed by atoms with Gasteiger partial charge in [0.2, 0.25) is 0 Å². The summed E-state index contributed by atoms with van der Waals surface area (Å²) < 4.78 is 0. The Morgan fingerprint density at radius 2 is 2.00 bits per heavy atom. The lowest BCUT2D eigenvalue weighted by Gasteiger charge is -2.09. The molecule has 2 heterocycles. The maximum absolute atomic E-state index is 10.1. The monoisotopic (exact) mass is 287 g/mol. The fourth-order valence-electron chi connectivity index (χ4n) is 2.19. The van der Waals surface area contributed by atoms with Gasteiger partial charge in [-0.2, -0.15) is 5.10 Å². The Bertz CT molecular complexity index is 753. The number of thiazole rings is 1. The number of nitrogens with zero attached hydrogens (tertiary/aromatic N) is 2. The first-order chi connectivity index (χ1) is 9.56. The number of aromatic amines is 1. The van der Waals surface area contributed by atoms with E-state index in [1.807, 2.05) is 19.2 Å². The molecule has 1 aromatic carbocycles. The van der Waals surface area contributed by atoms with Crippen LogP contribution in [0.1, 0.15) is 11.3 Å². The zero-order valence-electron chi connectivity index (χ0n) is 11.0. The van der Waals surface area contributed by atoms with Crippen LogP contribution in [-0.2, 0) is 0 Å². The summed E-state index contributed by atoms with van der Waals surface area (Å²) in [5.41, 5.74) is 3.88. The third-order valence-electron chi connectivity index (χ3n) is 3.04. The van der Waals surface area contributed by atoms with Gasteiger partial charge in [-0.1, -0.05) is 0 Å². The number of phenolic OH excluding ortho intramolecular Hbond substituents is 2. The molecular formula is C14H13N3O2S. The average Bonchev–Trinajstić information content (AvgIpc) is 2.96. The fourth-order valence-corrected chi connectivity index (χ4v) is 3.01. The number of phenols is 2. The zero-order chi connectivity index (χ0) is 14.3. The standard InChI is InChI=1S/C14H13N3O2S/c1-7-3-9(18)4-11(19)12(7)13-10(5-15-17-13)14-16-8(2)6-20-14/h3-6,18-19H,1-2H3,(H,15,17). The molecule has 2 aromatic heterocycles. The molecule has 0 bridgehead atoms. The number of aryl methyl sites for hydroxylation is 2. The van der Waals surface area contributed by atoms with Crippen LogP contribution in [0, 0.1) is 13.8 Å². The first kappa shape index (κ1) is 12.7. The molecule has 0 saturated heterocycles. The molecule has 6 heteroatoms. The van der Waals surface area contributed by atoms with Gasteiger partial charge in [0.25, 0.3) is 0 Å². The van der Waals surface area contributed by atoms with Crippen LogP contribution in [0.3, 0.4) is 0 Å². The number of aromatic nitrogens is 3. The zero-order valence-corrected chi connectivity index (χ0v) is 11.8. The van der Waals surface area contributed by atoms with Crippen molar-refractivity contribution < 1.29 is 10.2 Å². The van der Waals surface area contributed by atoms with Gasteiger partial charge in [0, 0.05) is 22.7 Å². The second-order valence-electron chi connectivity index (χ2n) is 4.61. The molecule has 3 rings (SSSR count). The third-order valence-corrected chi connectivity index (χ3v) is 4.03. The molecule has 0 aliphatic carbocycles. The highest BCUT2D eigenvalue weighted by molar-refractivity contribution is 7.13. The van der Waals surface area contributed by atoms with Gasteiger partial charge in [-0.3, -0.25) is 5.10 Å². The summed E-state index contributed by atoms with van der Waals surface area (Å²) in [6, 6.07) is 2.92. The molecule has 0 amide bonds. The highest BCUT2D eigenvalue weighted by atomic mass is 32.1. The summed E-state index contributed by atoms with van der Waals surface area (Å²) in [7, 11) is 0. The predicted molar refractivity (Wildman–Crippen MR) is 77.9 cm³/mol. The number of hydrogen-bond acceptors (Lipinski definition) is 5. The van der Waals surface area contributed by atoms with Crippen molar-refractivity contribution in [2.75, 3.05) is 0 Å². The number of aromatic hydroxyl groups is 2. The molecule has 3 aromatic rings. The topological polar surface area (TPSA) is 82.0 Å². The van der Waals surface area contributed by atoms with Gasteiger partial charge in [-0.15, -0.1) is 11.3 Å². The number of rotatable bonds is 2. The lowest BCUT2D eigenvalue weighted by atomic mass is 10.0. The van der Waals surface area contributed by atoms with E-state index in [1.54, 1.807) is 12.3 Å². The Hall–Kier alpha value is -2.34. The second-order valence-corrected chi connectivity index (χ2v) is 5.47. The SMILES string of the molecule is Cc1csc(-c2cn[nH]c2-c2c(C)cc(O)cc2O)n1. The van der Waals surface area contributed by atoms with Crippen LogP contribution < -0.4 is 0 Å². The quantitative estimate of drug-likeness (QED) is 0.676. The van der Waals surface area contributed by atoms with Crippen LogP contribution in [-0.4, -0.2) is 25.4 Å². The minimum Gasteiger partial charge on any atom is -0.508 e. The van der Waals surface area contributed by atoms with Crippen LogP contribution >= 0.6 is 11.3 Å². The summed E-state index contributed by atoms with van der Waals surface area (Å²) in [6.07, 6.45) is 1.69. The molecule has 0 fully saturated rings. The number of nitrogens with one attached hydrogen (secondary N) is 1. The van der Waals surface area contributed by atoms with Crippen molar-refractivity contribution in [2.24, 2.45) is 0 Å². The number of H-pyrrole nitrogens is 1.